The van der Waals surface area contributed by atoms with Crippen molar-refractivity contribution in [3.63, 3.8) is 0 Å². The van der Waals surface area contributed by atoms with Crippen LogP contribution in [0.4, 0.5) is 0 Å². The third-order valence-electron chi connectivity index (χ3n) is 2.14. The monoisotopic (exact) mass is 179 g/mol. The molecule has 2 nitrogen and oxygen atoms in total. The molecule has 72 valence electrons. The van der Waals surface area contributed by atoms with Crippen LogP contribution in [0.3, 0.4) is 0 Å². The van der Waals surface area contributed by atoms with E-state index >= 15 is 0 Å². The van der Waals surface area contributed by atoms with Gasteiger partial charge in [-0.2, -0.15) is 0 Å². The molecule has 0 aromatic rings. The quantitative estimate of drug-likeness (QED) is 0.605. The minimum Gasteiger partial charge on any atom is -0.383 e. The van der Waals surface area contributed by atoms with E-state index in [4.69, 9.17) is 0 Å². The van der Waals surface area contributed by atoms with Gasteiger partial charge in [0, 0.05) is 20.5 Å². The van der Waals surface area contributed by atoms with Crippen molar-refractivity contribution in [2.45, 2.75) is 25.7 Å². The van der Waals surface area contributed by atoms with E-state index in [0.29, 0.717) is 5.78 Å². The highest BCUT2D eigenvalue weighted by Crippen LogP contribution is 2.19. The summed E-state index contributed by atoms with van der Waals surface area (Å²) >= 11 is 0. The summed E-state index contributed by atoms with van der Waals surface area (Å²) in [6, 6.07) is 0. The molecule has 0 atom stereocenters. The Kier molecular flexibility index (Phi) is 3.74. The van der Waals surface area contributed by atoms with Crippen LogP contribution in [0, 0.1) is 0 Å². The molecule has 2 heteroatoms. The Morgan fingerprint density at radius 3 is 2.54 bits per heavy atom. The van der Waals surface area contributed by atoms with Crippen LogP contribution in [-0.4, -0.2) is 24.8 Å². The zero-order valence-electron chi connectivity index (χ0n) is 8.42. The first-order valence-corrected chi connectivity index (χ1v) is 4.77. The molecule has 0 bridgehead atoms. The van der Waals surface area contributed by atoms with Gasteiger partial charge < -0.3 is 4.90 Å². The van der Waals surface area contributed by atoms with Crippen molar-refractivity contribution in [3.05, 3.63) is 23.9 Å². The summed E-state index contributed by atoms with van der Waals surface area (Å²) in [7, 11) is 3.94. The van der Waals surface area contributed by atoms with Crippen molar-refractivity contribution in [1.29, 1.82) is 0 Å². The Bertz CT molecular complexity index is 238. The molecule has 0 spiro atoms. The fraction of sp³-hybridized carbons (Fsp3) is 0.545. The van der Waals surface area contributed by atoms with E-state index in [1.807, 2.05) is 37.3 Å². The van der Waals surface area contributed by atoms with E-state index in [-0.39, 0.29) is 0 Å². The van der Waals surface area contributed by atoms with Crippen molar-refractivity contribution in [1.82, 2.24) is 4.90 Å². The second-order valence-corrected chi connectivity index (χ2v) is 3.63. The van der Waals surface area contributed by atoms with Crippen LogP contribution in [-0.2, 0) is 4.79 Å². The molecule has 0 aliphatic heterocycles. The lowest BCUT2D eigenvalue weighted by atomic mass is 9.93. The number of ketones is 1. The number of allylic oxidation sites excluding steroid dienone is 3. The molecule has 0 unspecified atom stereocenters. The fourth-order valence-electron chi connectivity index (χ4n) is 1.41. The van der Waals surface area contributed by atoms with Crippen LogP contribution in [0.25, 0.3) is 0 Å². The summed E-state index contributed by atoms with van der Waals surface area (Å²) < 4.78 is 0. The lowest BCUT2D eigenvalue weighted by Gasteiger charge is -2.11. The number of hydrogen-bond acceptors (Lipinski definition) is 2. The maximum Gasteiger partial charge on any atom is 0.158 e. The molecule has 0 amide bonds. The van der Waals surface area contributed by atoms with E-state index < -0.39 is 0 Å². The van der Waals surface area contributed by atoms with Crippen molar-refractivity contribution in [3.8, 4) is 0 Å². The molecule has 0 aromatic carbocycles. The van der Waals surface area contributed by atoms with Crippen molar-refractivity contribution in [2.75, 3.05) is 14.1 Å². The van der Waals surface area contributed by atoms with Gasteiger partial charge in [-0.25, -0.2) is 0 Å². The Morgan fingerprint density at radius 1 is 1.23 bits per heavy atom. The number of carbonyl (C=O) groups excluding carboxylic acids is 1. The predicted molar refractivity (Wildman–Crippen MR) is 54.4 cm³/mol. The predicted octanol–water partition coefficient (Wildman–Crippen LogP) is 2.13. The van der Waals surface area contributed by atoms with Gasteiger partial charge in [0.25, 0.3) is 0 Å². The molecule has 1 rings (SSSR count). The summed E-state index contributed by atoms with van der Waals surface area (Å²) in [5.41, 5.74) is 0.990. The first-order chi connectivity index (χ1) is 6.20. The van der Waals surface area contributed by atoms with Gasteiger partial charge >= 0.3 is 0 Å². The average molecular weight is 179 g/mol. The normalized spacial score (nSPS) is 21.4. The number of hydrogen-bond donors (Lipinski definition) is 0. The molecule has 0 radical (unpaired) electrons. The minimum atomic E-state index is 0.328. The van der Waals surface area contributed by atoms with Crippen LogP contribution in [0.5, 0.6) is 0 Å². The van der Waals surface area contributed by atoms with Crippen LogP contribution >= 0.6 is 0 Å². The lowest BCUT2D eigenvalue weighted by Crippen LogP contribution is -2.08. The second-order valence-electron chi connectivity index (χ2n) is 3.63. The van der Waals surface area contributed by atoms with Gasteiger partial charge in [-0.15, -0.1) is 0 Å². The third kappa shape index (κ3) is 3.45. The van der Waals surface area contributed by atoms with Gasteiger partial charge in [-0.3, -0.25) is 4.79 Å². The molecule has 0 aromatic heterocycles. The second kappa shape index (κ2) is 4.85. The first kappa shape index (κ1) is 10.0. The van der Waals surface area contributed by atoms with Crippen molar-refractivity contribution >= 4 is 5.78 Å². The summed E-state index contributed by atoms with van der Waals surface area (Å²) in [6.45, 7) is 0. The fourth-order valence-corrected chi connectivity index (χ4v) is 1.41. The van der Waals surface area contributed by atoms with Crippen LogP contribution < -0.4 is 0 Å². The Hall–Kier alpha value is -1.05. The largest absolute Gasteiger partial charge is 0.383 e. The number of nitrogens with zero attached hydrogens (tertiary/aromatic N) is 1. The maximum absolute atomic E-state index is 11.4. The molecule has 1 aliphatic rings. The Labute approximate surface area is 79.9 Å². The zero-order chi connectivity index (χ0) is 9.68. The van der Waals surface area contributed by atoms with E-state index in [2.05, 4.69) is 0 Å². The van der Waals surface area contributed by atoms with E-state index in [9.17, 15) is 4.79 Å². The molecule has 0 heterocycles. The number of Topliss-reactive ketones (excluding diaryl/α,β-unsaturated/α-hetero) is 1. The average Bonchev–Trinajstić information content (AvgIpc) is 2.08. The summed E-state index contributed by atoms with van der Waals surface area (Å²) in [4.78, 5) is 13.3. The van der Waals surface area contributed by atoms with Crippen molar-refractivity contribution in [2.24, 2.45) is 0 Å². The Balaban J connectivity index is 2.53. The highest BCUT2D eigenvalue weighted by molar-refractivity contribution is 5.96. The number of rotatable bonds is 2. The first-order valence-electron chi connectivity index (χ1n) is 4.77. The summed E-state index contributed by atoms with van der Waals surface area (Å²) in [6.07, 6.45) is 9.76. The van der Waals surface area contributed by atoms with Gasteiger partial charge in [0.05, 0.1) is 0 Å². The van der Waals surface area contributed by atoms with Gasteiger partial charge in [0.1, 0.15) is 0 Å². The molecular weight excluding hydrogens is 162 g/mol. The van der Waals surface area contributed by atoms with E-state index in [1.165, 1.54) is 0 Å². The topological polar surface area (TPSA) is 20.3 Å². The van der Waals surface area contributed by atoms with Crippen molar-refractivity contribution < 1.29 is 4.79 Å². The highest BCUT2D eigenvalue weighted by Gasteiger charge is 2.13. The third-order valence-corrected chi connectivity index (χ3v) is 2.14. The van der Waals surface area contributed by atoms with Gasteiger partial charge in [-0.05, 0) is 37.1 Å². The van der Waals surface area contributed by atoms with E-state index in [0.717, 1.165) is 31.3 Å². The molecule has 1 fully saturated rings. The maximum atomic E-state index is 11.4. The van der Waals surface area contributed by atoms with Gasteiger partial charge in [-0.1, -0.05) is 6.08 Å². The minimum absolute atomic E-state index is 0.328. The van der Waals surface area contributed by atoms with Gasteiger partial charge in [0.2, 0.25) is 0 Å². The van der Waals surface area contributed by atoms with Crippen LogP contribution in [0.15, 0.2) is 23.9 Å². The van der Waals surface area contributed by atoms with Crippen LogP contribution in [0.1, 0.15) is 25.7 Å². The number of carbonyl (C=O) groups is 1. The summed E-state index contributed by atoms with van der Waals surface area (Å²) in [5.74, 6) is 0.328. The molecular formula is C11H17NO. The lowest BCUT2D eigenvalue weighted by molar-refractivity contribution is -0.116. The van der Waals surface area contributed by atoms with E-state index in [1.54, 1.807) is 0 Å². The van der Waals surface area contributed by atoms with Crippen LogP contribution in [0.2, 0.25) is 0 Å². The smallest absolute Gasteiger partial charge is 0.158 e. The SMILES string of the molecule is CN(C)C=CC=C1CCCCC1=O. The zero-order valence-corrected chi connectivity index (χ0v) is 8.42. The molecule has 0 N–H and O–H groups in total. The molecule has 13 heavy (non-hydrogen) atoms. The molecule has 1 saturated carbocycles. The molecule has 0 saturated heterocycles. The Morgan fingerprint density at radius 2 is 1.92 bits per heavy atom. The standard InChI is InChI=1S/C11H17NO/c1-12(2)9-5-7-10-6-3-4-8-11(10)13/h5,7,9H,3-4,6,8H2,1-2H3. The summed E-state index contributed by atoms with van der Waals surface area (Å²) in [5, 5.41) is 0. The molecule has 1 aliphatic carbocycles. The highest BCUT2D eigenvalue weighted by atomic mass is 16.1. The van der Waals surface area contributed by atoms with Gasteiger partial charge in [0.15, 0.2) is 5.78 Å².